The summed E-state index contributed by atoms with van der Waals surface area (Å²) in [5, 5.41) is 13.3. The second kappa shape index (κ2) is 5.32. The molecule has 3 N–H and O–H groups in total. The van der Waals surface area contributed by atoms with Gasteiger partial charge < -0.3 is 15.4 Å². The first kappa shape index (κ1) is 13.1. The molecule has 1 saturated carbocycles. The highest BCUT2D eigenvalue weighted by molar-refractivity contribution is 5.95. The van der Waals surface area contributed by atoms with Gasteiger partial charge in [-0.05, 0) is 25.0 Å². The Morgan fingerprint density at radius 1 is 1.23 bits per heavy atom. The summed E-state index contributed by atoms with van der Waals surface area (Å²) < 4.78 is 5.31. The van der Waals surface area contributed by atoms with Crippen molar-refractivity contribution >= 4 is 23.2 Å². The second-order valence-corrected chi connectivity index (χ2v) is 5.70. The zero-order valence-electron chi connectivity index (χ0n) is 12.1. The van der Waals surface area contributed by atoms with Gasteiger partial charge in [0, 0.05) is 17.7 Å². The summed E-state index contributed by atoms with van der Waals surface area (Å²) in [5.74, 6) is 2.24. The van der Waals surface area contributed by atoms with Crippen molar-refractivity contribution < 1.29 is 9.53 Å². The number of amides is 1. The molecular weight excluding hydrogens is 282 g/mol. The number of hydrogen-bond acceptors (Lipinski definition) is 5. The molecule has 7 nitrogen and oxygen atoms in total. The Labute approximate surface area is 127 Å². The van der Waals surface area contributed by atoms with Crippen LogP contribution in [0.3, 0.4) is 0 Å². The molecule has 2 aromatic heterocycles. The lowest BCUT2D eigenvalue weighted by molar-refractivity contribution is -0.118. The SMILES string of the molecule is O=C1COc2nc(Nc3cc(C4CCCC4)[nH]n3)ccc2N1. The number of nitrogens with zero attached hydrogens (tertiary/aromatic N) is 2. The number of aromatic amines is 1. The summed E-state index contributed by atoms with van der Waals surface area (Å²) in [5.41, 5.74) is 1.77. The van der Waals surface area contributed by atoms with E-state index >= 15 is 0 Å². The number of carbonyl (C=O) groups excluding carboxylic acids is 1. The Kier molecular flexibility index (Phi) is 3.17. The van der Waals surface area contributed by atoms with E-state index in [0.29, 0.717) is 23.3 Å². The third-order valence-electron chi connectivity index (χ3n) is 4.12. The minimum atomic E-state index is -0.163. The summed E-state index contributed by atoms with van der Waals surface area (Å²) >= 11 is 0. The fourth-order valence-corrected chi connectivity index (χ4v) is 3.01. The van der Waals surface area contributed by atoms with Gasteiger partial charge in [0.15, 0.2) is 12.4 Å². The Morgan fingerprint density at radius 2 is 2.09 bits per heavy atom. The van der Waals surface area contributed by atoms with Crippen molar-refractivity contribution in [3.8, 4) is 5.88 Å². The Bertz CT molecular complexity index is 706. The van der Waals surface area contributed by atoms with E-state index in [0.717, 1.165) is 5.82 Å². The van der Waals surface area contributed by atoms with E-state index in [9.17, 15) is 4.79 Å². The number of fused-ring (bicyclic) bond motifs is 1. The molecule has 0 radical (unpaired) electrons. The number of aromatic nitrogens is 3. The molecule has 0 aromatic carbocycles. The number of anilines is 3. The molecule has 1 aliphatic carbocycles. The lowest BCUT2D eigenvalue weighted by Gasteiger charge is -2.17. The van der Waals surface area contributed by atoms with Crippen molar-refractivity contribution in [1.29, 1.82) is 0 Å². The summed E-state index contributed by atoms with van der Waals surface area (Å²) in [6, 6.07) is 5.60. The first-order chi connectivity index (χ1) is 10.8. The molecule has 1 amide bonds. The molecule has 0 spiro atoms. The van der Waals surface area contributed by atoms with Gasteiger partial charge in [0.2, 0.25) is 5.88 Å². The summed E-state index contributed by atoms with van der Waals surface area (Å²) in [6.07, 6.45) is 5.04. The van der Waals surface area contributed by atoms with E-state index in [1.165, 1.54) is 31.4 Å². The first-order valence-corrected chi connectivity index (χ1v) is 7.54. The zero-order chi connectivity index (χ0) is 14.9. The minimum Gasteiger partial charge on any atom is -0.466 e. The van der Waals surface area contributed by atoms with Crippen molar-refractivity contribution in [3.63, 3.8) is 0 Å². The van der Waals surface area contributed by atoms with E-state index in [-0.39, 0.29) is 12.5 Å². The van der Waals surface area contributed by atoms with E-state index in [1.807, 2.05) is 6.07 Å². The smallest absolute Gasteiger partial charge is 0.262 e. The molecule has 114 valence electrons. The zero-order valence-corrected chi connectivity index (χ0v) is 12.1. The number of ether oxygens (including phenoxy) is 1. The molecule has 22 heavy (non-hydrogen) atoms. The molecule has 0 saturated heterocycles. The number of nitrogens with one attached hydrogen (secondary N) is 3. The third-order valence-corrected chi connectivity index (χ3v) is 4.12. The lowest BCUT2D eigenvalue weighted by atomic mass is 10.0. The van der Waals surface area contributed by atoms with Crippen LogP contribution in [0.25, 0.3) is 0 Å². The maximum Gasteiger partial charge on any atom is 0.262 e. The van der Waals surface area contributed by atoms with Crippen LogP contribution in [0.5, 0.6) is 5.88 Å². The van der Waals surface area contributed by atoms with Gasteiger partial charge >= 0.3 is 0 Å². The average Bonchev–Trinajstić information content (AvgIpc) is 3.18. The van der Waals surface area contributed by atoms with E-state index in [2.05, 4.69) is 25.8 Å². The monoisotopic (exact) mass is 299 g/mol. The summed E-state index contributed by atoms with van der Waals surface area (Å²) in [6.45, 7) is -0.00230. The van der Waals surface area contributed by atoms with Crippen LogP contribution in [0, 0.1) is 0 Å². The normalized spacial score (nSPS) is 17.7. The maximum absolute atomic E-state index is 11.2. The van der Waals surface area contributed by atoms with E-state index < -0.39 is 0 Å². The number of H-pyrrole nitrogens is 1. The van der Waals surface area contributed by atoms with Gasteiger partial charge in [-0.3, -0.25) is 9.89 Å². The average molecular weight is 299 g/mol. The van der Waals surface area contributed by atoms with E-state index in [1.54, 1.807) is 12.1 Å². The van der Waals surface area contributed by atoms with Crippen molar-refractivity contribution in [3.05, 3.63) is 23.9 Å². The van der Waals surface area contributed by atoms with Gasteiger partial charge in [-0.2, -0.15) is 10.1 Å². The molecule has 4 rings (SSSR count). The highest BCUT2D eigenvalue weighted by atomic mass is 16.5. The van der Waals surface area contributed by atoms with Gasteiger partial charge in [-0.25, -0.2) is 0 Å². The topological polar surface area (TPSA) is 91.9 Å². The van der Waals surface area contributed by atoms with E-state index in [4.69, 9.17) is 4.74 Å². The van der Waals surface area contributed by atoms with Gasteiger partial charge in [-0.1, -0.05) is 12.8 Å². The quantitative estimate of drug-likeness (QED) is 0.810. The molecule has 1 aliphatic heterocycles. The number of rotatable bonds is 3. The largest absolute Gasteiger partial charge is 0.466 e. The van der Waals surface area contributed by atoms with Gasteiger partial charge in [0.25, 0.3) is 5.91 Å². The van der Waals surface area contributed by atoms with Crippen LogP contribution in [-0.2, 0) is 4.79 Å². The predicted octanol–water partition coefficient (Wildman–Crippen LogP) is 2.54. The van der Waals surface area contributed by atoms with Gasteiger partial charge in [0.05, 0.1) is 0 Å². The fourth-order valence-electron chi connectivity index (χ4n) is 3.01. The Morgan fingerprint density at radius 3 is 2.95 bits per heavy atom. The van der Waals surface area contributed by atoms with Gasteiger partial charge in [0.1, 0.15) is 11.5 Å². The molecule has 7 heteroatoms. The van der Waals surface area contributed by atoms with Gasteiger partial charge in [-0.15, -0.1) is 0 Å². The first-order valence-electron chi connectivity index (χ1n) is 7.54. The third kappa shape index (κ3) is 2.49. The second-order valence-electron chi connectivity index (χ2n) is 5.70. The highest BCUT2D eigenvalue weighted by Gasteiger charge is 2.20. The molecule has 2 aromatic rings. The molecule has 0 atom stereocenters. The molecule has 2 aliphatic rings. The Balaban J connectivity index is 1.50. The lowest BCUT2D eigenvalue weighted by Crippen LogP contribution is -2.26. The predicted molar refractivity (Wildman–Crippen MR) is 81.4 cm³/mol. The minimum absolute atomic E-state index is 0.00230. The molecule has 3 heterocycles. The van der Waals surface area contributed by atoms with Crippen LogP contribution < -0.4 is 15.4 Å². The van der Waals surface area contributed by atoms with Crippen LogP contribution in [-0.4, -0.2) is 27.7 Å². The standard InChI is InChI=1S/C15H17N5O2/c21-14-8-22-15-10(16-14)5-6-12(18-15)17-13-7-11(19-20-13)9-3-1-2-4-9/h5-7,9H,1-4,8H2,(H,16,21)(H2,17,18,19,20). The summed E-state index contributed by atoms with van der Waals surface area (Å²) in [4.78, 5) is 15.6. The maximum atomic E-state index is 11.2. The molecular formula is C15H17N5O2. The molecule has 1 fully saturated rings. The van der Waals surface area contributed by atoms with Crippen molar-refractivity contribution in [2.75, 3.05) is 17.2 Å². The molecule has 0 bridgehead atoms. The van der Waals surface area contributed by atoms with Crippen LogP contribution in [0.15, 0.2) is 18.2 Å². The van der Waals surface area contributed by atoms with Crippen LogP contribution >= 0.6 is 0 Å². The van der Waals surface area contributed by atoms with Crippen LogP contribution in [0.4, 0.5) is 17.3 Å². The number of pyridine rings is 1. The fraction of sp³-hybridized carbons (Fsp3) is 0.400. The Hall–Kier alpha value is -2.57. The number of hydrogen-bond donors (Lipinski definition) is 3. The number of carbonyl (C=O) groups is 1. The van der Waals surface area contributed by atoms with Crippen LogP contribution in [0.2, 0.25) is 0 Å². The van der Waals surface area contributed by atoms with Crippen molar-refractivity contribution in [1.82, 2.24) is 15.2 Å². The van der Waals surface area contributed by atoms with Crippen LogP contribution in [0.1, 0.15) is 37.3 Å². The highest BCUT2D eigenvalue weighted by Crippen LogP contribution is 2.34. The summed E-state index contributed by atoms with van der Waals surface area (Å²) in [7, 11) is 0. The molecule has 0 unspecified atom stereocenters. The van der Waals surface area contributed by atoms with Crippen molar-refractivity contribution in [2.45, 2.75) is 31.6 Å². The van der Waals surface area contributed by atoms with Crippen molar-refractivity contribution in [2.24, 2.45) is 0 Å².